The summed E-state index contributed by atoms with van der Waals surface area (Å²) in [6.45, 7) is 6.86. The van der Waals surface area contributed by atoms with Crippen molar-refractivity contribution in [3.05, 3.63) is 65.5 Å². The third-order valence-corrected chi connectivity index (χ3v) is 11.8. The lowest BCUT2D eigenvalue weighted by atomic mass is 9.45. The van der Waals surface area contributed by atoms with E-state index in [2.05, 4.69) is 4.98 Å². The third-order valence-electron chi connectivity index (χ3n) is 11.8. The second kappa shape index (κ2) is 14.5. The topological polar surface area (TPSA) is 241 Å². The zero-order chi connectivity index (χ0) is 41.1. The maximum atomic E-state index is 14.2. The van der Waals surface area contributed by atoms with Gasteiger partial charge in [-0.05, 0) is 38.1 Å². The molecular weight excluding hydrogens is 738 g/mol. The van der Waals surface area contributed by atoms with E-state index < -0.39 is 126 Å². The second-order valence-corrected chi connectivity index (χ2v) is 15.3. The maximum Gasteiger partial charge on any atom is 0.340 e. The molecule has 302 valence electrons. The first kappa shape index (κ1) is 40.7. The van der Waals surface area contributed by atoms with Crippen LogP contribution in [0.2, 0.25) is 0 Å². The Labute approximate surface area is 321 Å². The van der Waals surface area contributed by atoms with Gasteiger partial charge in [0.05, 0.1) is 34.8 Å². The first-order valence-corrected chi connectivity index (χ1v) is 18.1. The number of fused-ring (bicyclic) bond motifs is 5. The smallest absolute Gasteiger partial charge is 0.340 e. The maximum absolute atomic E-state index is 14.2. The van der Waals surface area contributed by atoms with E-state index in [-0.39, 0.29) is 16.8 Å². The first-order valence-electron chi connectivity index (χ1n) is 18.1. The van der Waals surface area contributed by atoms with E-state index in [4.69, 9.17) is 33.2 Å². The van der Waals surface area contributed by atoms with Crippen LogP contribution in [0.5, 0.6) is 0 Å². The highest BCUT2D eigenvalue weighted by Gasteiger charge is 2.90. The van der Waals surface area contributed by atoms with Gasteiger partial charge in [-0.3, -0.25) is 24.2 Å². The zero-order valence-electron chi connectivity index (χ0n) is 31.8. The zero-order valence-corrected chi connectivity index (χ0v) is 31.8. The molecule has 56 heavy (non-hydrogen) atoms. The molecule has 0 radical (unpaired) electrons. The standard InChI is InChI=1S/C39H45NO16/c1-18-19(2)33(46)54-30-27(44)31(55-34(47)23-12-9-8-10-13-23)38(17-50-20(3)41)32(53-22(5)43)28(52-21(4)42)25-29(45)39(38,37(30,7)49)56-36(25,6)16-51-35(48)24-14-11-15-40-26(18)24/h8-15,18-19,25,27-32,44-45,49H,16-17H2,1-7H3/t18-,19-,25-,27+,28-,29-,30-,31+,32-,36?,37?,38+,39+/m1/s1. The Balaban J connectivity index is 1.70. The van der Waals surface area contributed by atoms with Gasteiger partial charge in [-0.25, -0.2) is 9.59 Å². The van der Waals surface area contributed by atoms with Crippen molar-refractivity contribution in [3.8, 4) is 0 Å². The van der Waals surface area contributed by atoms with E-state index in [0.29, 0.717) is 0 Å². The van der Waals surface area contributed by atoms with Crippen LogP contribution in [0, 0.1) is 17.3 Å². The van der Waals surface area contributed by atoms with Crippen LogP contribution in [-0.2, 0) is 52.3 Å². The minimum atomic E-state index is -2.78. The minimum absolute atomic E-state index is 0.0152. The first-order chi connectivity index (χ1) is 26.2. The van der Waals surface area contributed by atoms with Crippen molar-refractivity contribution in [1.29, 1.82) is 0 Å². The summed E-state index contributed by atoms with van der Waals surface area (Å²) in [5, 5.41) is 38.4. The highest BCUT2D eigenvalue weighted by Crippen LogP contribution is 2.69. The summed E-state index contributed by atoms with van der Waals surface area (Å²) in [7, 11) is 0. The largest absolute Gasteiger partial charge is 0.465 e. The highest BCUT2D eigenvalue weighted by atomic mass is 16.6. The van der Waals surface area contributed by atoms with Crippen molar-refractivity contribution < 1.29 is 77.2 Å². The Hall–Kier alpha value is -4.97. The molecule has 17 nitrogen and oxygen atoms in total. The molecule has 0 amide bonds. The molecule has 13 atom stereocenters. The number of hydrogen-bond acceptors (Lipinski definition) is 17. The van der Waals surface area contributed by atoms with E-state index in [0.717, 1.165) is 27.7 Å². The van der Waals surface area contributed by atoms with Gasteiger partial charge in [-0.1, -0.05) is 32.0 Å². The lowest BCUT2D eigenvalue weighted by Gasteiger charge is -2.67. The summed E-state index contributed by atoms with van der Waals surface area (Å²) in [6, 6.07) is 10.4. The highest BCUT2D eigenvalue weighted by molar-refractivity contribution is 5.91. The summed E-state index contributed by atoms with van der Waals surface area (Å²) in [5.41, 5.74) is -10.00. The molecule has 3 N–H and O–H groups in total. The lowest BCUT2D eigenvalue weighted by Crippen LogP contribution is -2.88. The summed E-state index contributed by atoms with van der Waals surface area (Å²) < 4.78 is 42.1. The van der Waals surface area contributed by atoms with Gasteiger partial charge in [0.15, 0.2) is 12.2 Å². The number of carbonyl (C=O) groups is 6. The van der Waals surface area contributed by atoms with Crippen molar-refractivity contribution in [2.75, 3.05) is 13.2 Å². The molecule has 2 aliphatic heterocycles. The van der Waals surface area contributed by atoms with Crippen LogP contribution in [0.25, 0.3) is 0 Å². The minimum Gasteiger partial charge on any atom is -0.465 e. The van der Waals surface area contributed by atoms with Gasteiger partial charge < -0.3 is 48.5 Å². The van der Waals surface area contributed by atoms with Gasteiger partial charge >= 0.3 is 35.8 Å². The number of cyclic esters (lactones) is 1. The number of aromatic nitrogens is 1. The van der Waals surface area contributed by atoms with Crippen LogP contribution >= 0.6 is 0 Å². The molecule has 1 aromatic carbocycles. The van der Waals surface area contributed by atoms with Crippen LogP contribution in [0.4, 0.5) is 0 Å². The molecular formula is C39H45NO16. The number of hydrogen-bond donors (Lipinski definition) is 3. The van der Waals surface area contributed by atoms with E-state index in [1.807, 2.05) is 0 Å². The number of carbonyl (C=O) groups excluding carboxylic acids is 6. The van der Waals surface area contributed by atoms with Gasteiger partial charge in [-0.15, -0.1) is 0 Å². The van der Waals surface area contributed by atoms with E-state index in [1.165, 1.54) is 56.4 Å². The SMILES string of the molecule is CC(=O)OC[C@]12[C@H](OC(C)=O)[C@H](OC(C)=O)[C@@H]3[C@@H](O)[C@@]14OC3(C)COC(=O)c1cccnc1[C@H](C)[C@@H](C)C(=O)O[C@H]([C@H](O)[C@@H]2OC(=O)c1ccccc1)C4(C)O. The van der Waals surface area contributed by atoms with Crippen LogP contribution in [0.15, 0.2) is 48.7 Å². The fraction of sp³-hybridized carbons (Fsp3) is 0.564. The monoisotopic (exact) mass is 783 g/mol. The molecule has 2 saturated carbocycles. The van der Waals surface area contributed by atoms with E-state index in [9.17, 15) is 44.1 Å². The van der Waals surface area contributed by atoms with Crippen LogP contribution in [0.3, 0.4) is 0 Å². The van der Waals surface area contributed by atoms with Crippen LogP contribution < -0.4 is 0 Å². The Bertz CT molecular complexity index is 1920. The number of esters is 6. The molecule has 1 spiro atoms. The average molecular weight is 784 g/mol. The second-order valence-electron chi connectivity index (χ2n) is 15.3. The Morgan fingerprint density at radius 3 is 2.16 bits per heavy atom. The quantitative estimate of drug-likeness (QED) is 0.275. The molecule has 4 aliphatic rings. The van der Waals surface area contributed by atoms with Gasteiger partial charge in [0.25, 0.3) is 0 Å². The summed E-state index contributed by atoms with van der Waals surface area (Å²) in [5.74, 6) is -9.41. The van der Waals surface area contributed by atoms with Crippen molar-refractivity contribution in [1.82, 2.24) is 4.98 Å². The molecule has 4 bridgehead atoms. The number of rotatable bonds is 6. The molecule has 2 unspecified atom stereocenters. The van der Waals surface area contributed by atoms with Gasteiger partial charge in [0.2, 0.25) is 0 Å². The number of ether oxygens (including phenoxy) is 7. The van der Waals surface area contributed by atoms with Crippen molar-refractivity contribution in [3.63, 3.8) is 0 Å². The predicted octanol–water partition coefficient (Wildman–Crippen LogP) is 1.19. The number of nitrogens with zero attached hydrogens (tertiary/aromatic N) is 1. The van der Waals surface area contributed by atoms with Crippen LogP contribution in [-0.4, -0.2) is 123 Å². The molecule has 3 fully saturated rings. The molecule has 2 aliphatic carbocycles. The number of aliphatic hydroxyl groups is 3. The normalized spacial score (nSPS) is 38.9. The summed E-state index contributed by atoms with van der Waals surface area (Å²) >= 11 is 0. The molecule has 6 rings (SSSR count). The summed E-state index contributed by atoms with van der Waals surface area (Å²) in [4.78, 5) is 85.1. The Morgan fingerprint density at radius 2 is 1.54 bits per heavy atom. The van der Waals surface area contributed by atoms with E-state index in [1.54, 1.807) is 13.0 Å². The molecule has 1 aromatic heterocycles. The van der Waals surface area contributed by atoms with Gasteiger partial charge in [-0.2, -0.15) is 0 Å². The van der Waals surface area contributed by atoms with E-state index >= 15 is 0 Å². The number of aliphatic hydroxyl groups excluding tert-OH is 2. The molecule has 3 heterocycles. The number of pyridine rings is 1. The predicted molar refractivity (Wildman–Crippen MR) is 186 cm³/mol. The van der Waals surface area contributed by atoms with Gasteiger partial charge in [0.1, 0.15) is 53.7 Å². The van der Waals surface area contributed by atoms with Crippen molar-refractivity contribution in [2.24, 2.45) is 17.3 Å². The molecule has 2 aromatic rings. The summed E-state index contributed by atoms with van der Waals surface area (Å²) in [6.07, 6.45) is -10.9. The fourth-order valence-electron chi connectivity index (χ4n) is 9.25. The Morgan fingerprint density at radius 1 is 0.875 bits per heavy atom. The van der Waals surface area contributed by atoms with Crippen molar-refractivity contribution >= 4 is 35.8 Å². The molecule has 17 heteroatoms. The molecule has 1 saturated heterocycles. The Kier molecular flexibility index (Phi) is 10.5. The lowest BCUT2D eigenvalue weighted by molar-refractivity contribution is -0.385. The number of benzene rings is 1. The third kappa shape index (κ3) is 6.11. The van der Waals surface area contributed by atoms with Crippen LogP contribution in [0.1, 0.15) is 80.8 Å². The van der Waals surface area contributed by atoms with Gasteiger partial charge in [0, 0.05) is 32.9 Å². The fourth-order valence-corrected chi connectivity index (χ4v) is 9.25. The average Bonchev–Trinajstić information content (AvgIpc) is 3.35. The van der Waals surface area contributed by atoms with Crippen molar-refractivity contribution in [2.45, 2.75) is 108 Å².